The molecule has 2 heterocycles. The van der Waals surface area contributed by atoms with E-state index in [0.717, 1.165) is 43.5 Å². The van der Waals surface area contributed by atoms with E-state index in [1.807, 2.05) is 6.92 Å². The Hall–Kier alpha value is -13.5. The second-order valence-electron chi connectivity index (χ2n) is 33.1. The number of halogens is 1. The Kier molecular flexibility index (Phi) is 38.3. The minimum absolute atomic E-state index is 0.0184. The van der Waals surface area contributed by atoms with E-state index < -0.39 is 217 Å². The van der Waals surface area contributed by atoms with E-state index in [1.165, 1.54) is 103 Å². The predicted octanol–water partition coefficient (Wildman–Crippen LogP) is 3.21. The van der Waals surface area contributed by atoms with E-state index in [1.54, 1.807) is 105 Å². The van der Waals surface area contributed by atoms with Gasteiger partial charge in [-0.15, -0.1) is 11.8 Å². The Labute approximate surface area is 751 Å². The van der Waals surface area contributed by atoms with Crippen LogP contribution in [0.2, 0.25) is 0 Å². The molecule has 7 aromatic rings. The second-order valence-corrected chi connectivity index (χ2v) is 34.1. The van der Waals surface area contributed by atoms with Crippen molar-refractivity contribution < 1.29 is 96.4 Å². The number of aromatic hydroxyl groups is 2. The molecule has 15 N–H and O–H groups in total. The number of amides is 14. The number of unbranched alkanes of at least 4 members (excludes halogenated alkanes) is 1. The fourth-order valence-corrected chi connectivity index (χ4v) is 15.9. The average molecular weight is 1800 g/mol. The van der Waals surface area contributed by atoms with Crippen LogP contribution in [0.1, 0.15) is 107 Å². The number of thioether (sulfide) groups is 1. The lowest BCUT2D eigenvalue weighted by atomic mass is 9.87. The van der Waals surface area contributed by atoms with E-state index in [0.29, 0.717) is 51.6 Å². The van der Waals surface area contributed by atoms with Crippen LogP contribution in [-0.2, 0) is 115 Å². The number of aliphatic carboxylic acids is 1. The van der Waals surface area contributed by atoms with E-state index in [-0.39, 0.29) is 74.3 Å². The van der Waals surface area contributed by atoms with Gasteiger partial charge < -0.3 is 93.5 Å². The number of phenols is 2. The minimum Gasteiger partial charge on any atom is -0.508 e. The Balaban J connectivity index is 1.21. The Bertz CT molecular complexity index is 5100. The number of fused-ring (bicyclic) bond motifs is 1. The molecule has 6 aromatic carbocycles. The number of primary amides is 1. The highest BCUT2D eigenvalue weighted by Gasteiger charge is 2.42. The van der Waals surface area contributed by atoms with E-state index in [2.05, 4.69) is 52.8 Å². The molecule has 0 bridgehead atoms. The molecule has 14 amide bonds. The normalized spacial score (nSPS) is 21.9. The van der Waals surface area contributed by atoms with Gasteiger partial charge in [-0.2, -0.15) is 0 Å². The summed E-state index contributed by atoms with van der Waals surface area (Å²) in [6, 6.07) is 25.0. The van der Waals surface area contributed by atoms with Gasteiger partial charge in [0.2, 0.25) is 82.7 Å². The summed E-state index contributed by atoms with van der Waals surface area (Å²) in [6.07, 6.45) is -0.953. The molecule has 129 heavy (non-hydrogen) atoms. The number of likely N-dealkylation sites (N-methyl/N-ethyl adjacent to an activating group) is 4. The highest BCUT2D eigenvalue weighted by atomic mass is 32.2. The largest absolute Gasteiger partial charge is 0.508 e. The number of hydrogen-bond donors (Lipinski definition) is 14. The summed E-state index contributed by atoms with van der Waals surface area (Å²) in [5.74, 6) is -19.9. The van der Waals surface area contributed by atoms with Crippen LogP contribution in [-0.4, -0.2) is 254 Å². The van der Waals surface area contributed by atoms with Crippen LogP contribution < -0.4 is 53.6 Å². The fourth-order valence-electron chi connectivity index (χ4n) is 15.0. The number of carboxylic acids is 1. The van der Waals surface area contributed by atoms with Crippen LogP contribution in [0.3, 0.4) is 0 Å². The lowest BCUT2D eigenvalue weighted by Crippen LogP contribution is -2.60. The smallest absolute Gasteiger partial charge is 0.305 e. The van der Waals surface area contributed by atoms with E-state index >= 15 is 33.2 Å². The molecule has 0 radical (unpaired) electrons. The monoisotopic (exact) mass is 1800 g/mol. The second kappa shape index (κ2) is 49.0. The number of Topliss-reactive ketones (excluding diaryl/α,β-unsaturated/α-hetero) is 1. The first-order valence-electron chi connectivity index (χ1n) is 42.6. The third-order valence-corrected chi connectivity index (χ3v) is 23.0. The Morgan fingerprint density at radius 3 is 1.58 bits per heavy atom. The summed E-state index contributed by atoms with van der Waals surface area (Å²) >= 11 is 0.822. The molecule has 8 rings (SSSR count). The van der Waals surface area contributed by atoms with Gasteiger partial charge in [-0.3, -0.25) is 76.7 Å². The minimum atomic E-state index is -1.92. The number of nitrogens with zero attached hydrogens (tertiary/aromatic N) is 4. The van der Waals surface area contributed by atoms with Crippen LogP contribution >= 0.6 is 11.8 Å². The number of nitrogens with two attached hydrogens (primary N) is 1. The SMILES string of the molecule is CCCC[C@H]1C(=O)N(C)CC(=O)N[C@@H](CC(=O)O)C(=O)N[C@@H](C(C)C)C(=O)C[C@@H](Cc2cccc(F)c2)C(=O)N[C@@H](Cc2ccc(O)cc2)C(=O)N(C)CC(=O)N[C@@H](Cc2c[nH]c3ccccc23)C(=O)N[C@@H](Cc2ccc(O)cc2)C(=O)N[C@@H](CC(C)C)C(=O)N[C@H](C(=O)NCC(N)=O)CSCC(=O)N[C@@H](Cc2ccccc2)C(=O)N(C)[C@@H](Cc2ccccc2)C(=O)N1C. The molecule has 1 fully saturated rings. The van der Waals surface area contributed by atoms with Gasteiger partial charge in [0, 0.05) is 95.5 Å². The molecule has 1 aliphatic heterocycles. The van der Waals surface area contributed by atoms with Gasteiger partial charge in [0.05, 0.1) is 37.8 Å². The highest BCUT2D eigenvalue weighted by Crippen LogP contribution is 2.25. The molecule has 1 aromatic heterocycles. The molecular formula is C93H116FN15O19S. The molecule has 0 spiro atoms. The fraction of sp³-hybridized carbons (Fsp3) is 0.419. The van der Waals surface area contributed by atoms with Gasteiger partial charge in [0.15, 0.2) is 5.78 Å². The summed E-state index contributed by atoms with van der Waals surface area (Å²) in [5.41, 5.74) is 8.70. The van der Waals surface area contributed by atoms with Crippen LogP contribution in [0.25, 0.3) is 10.9 Å². The van der Waals surface area contributed by atoms with Gasteiger partial charge in [0.1, 0.15) is 71.7 Å². The molecule has 1 saturated heterocycles. The summed E-state index contributed by atoms with van der Waals surface area (Å²) in [7, 11) is 5.19. The number of ketones is 1. The summed E-state index contributed by atoms with van der Waals surface area (Å²) in [6.45, 7) is 6.04. The van der Waals surface area contributed by atoms with Gasteiger partial charge in [-0.05, 0) is 107 Å². The number of benzene rings is 6. The number of carboxylic acid groups (broad SMARTS) is 1. The number of carbonyl (C=O) groups excluding carboxylic acids is 15. The number of phenolic OH excluding ortho intramolecular Hbond substituents is 2. The van der Waals surface area contributed by atoms with Crippen molar-refractivity contribution in [1.29, 1.82) is 0 Å². The van der Waals surface area contributed by atoms with Crippen molar-refractivity contribution in [2.75, 3.05) is 59.3 Å². The lowest BCUT2D eigenvalue weighted by Gasteiger charge is -2.37. The first-order valence-corrected chi connectivity index (χ1v) is 43.7. The molecule has 0 aliphatic carbocycles. The van der Waals surface area contributed by atoms with Crippen molar-refractivity contribution in [2.24, 2.45) is 23.5 Å². The van der Waals surface area contributed by atoms with Crippen LogP contribution in [0.4, 0.5) is 4.39 Å². The number of carbonyl (C=O) groups is 16. The maximum Gasteiger partial charge on any atom is 0.305 e. The number of rotatable bonds is 23. The van der Waals surface area contributed by atoms with Crippen molar-refractivity contribution in [3.8, 4) is 11.5 Å². The van der Waals surface area contributed by atoms with Crippen molar-refractivity contribution in [1.82, 2.24) is 72.4 Å². The van der Waals surface area contributed by atoms with Crippen molar-refractivity contribution >= 4 is 117 Å². The first kappa shape index (κ1) is 101. The molecule has 11 atom stereocenters. The van der Waals surface area contributed by atoms with Crippen LogP contribution in [0, 0.1) is 23.6 Å². The van der Waals surface area contributed by atoms with Crippen molar-refractivity contribution in [3.63, 3.8) is 0 Å². The van der Waals surface area contributed by atoms with Gasteiger partial charge in [-0.25, -0.2) is 4.39 Å². The molecule has 0 saturated carbocycles. The lowest BCUT2D eigenvalue weighted by molar-refractivity contribution is -0.151. The number of aromatic amines is 1. The average Bonchev–Trinajstić information content (AvgIpc) is 1.77. The summed E-state index contributed by atoms with van der Waals surface area (Å²) < 4.78 is 15.1. The standard InChI is InChI=1S/C93H116FN15O19S/c1-10-11-29-75-92(127)107(7)51-80(115)99-71(47-82(117)118)89(124)105-83(55(4)5)77(112)46-61(39-60-25-20-26-63(94)40-60)84(119)103-72(43-59-32-36-65(111)37-33-59)90(125)106(6)50-79(114)98-70(45-62-48-96-67-28-19-18-27-66(62)67)88(123)102-69(41-58-30-34-64(110)35-31-58)87(122)101-68(38-54(2)3)86(121)104-74(85(120)97-49-78(95)113)52-129-53-81(116)100-73(42-56-21-14-12-15-22-56)91(126)109(9)76(93(128)108(75)8)44-57-23-16-13-17-24-57/h12-28,30-37,40,48,54-55,61,68-76,83,96,110-111H,10-11,29,38-39,41-47,49-53H2,1-9H3,(H2,95,113)(H,97,120)(H,98,114)(H,99,115)(H,100,116)(H,101,122)(H,102,123)(H,103,119)(H,104,121)(H,105,124)(H,117,118)/t61-,68+,69+,70+,71+,72+,73+,74+,75+,76+,83+/m1/s1. The zero-order valence-electron chi connectivity index (χ0n) is 73.6. The highest BCUT2D eigenvalue weighted by molar-refractivity contribution is 8.00. The maximum atomic E-state index is 15.5. The molecule has 0 unspecified atom stereocenters. The Morgan fingerprint density at radius 2 is 1.01 bits per heavy atom. The van der Waals surface area contributed by atoms with Gasteiger partial charge >= 0.3 is 5.97 Å². The third-order valence-electron chi connectivity index (χ3n) is 21.9. The van der Waals surface area contributed by atoms with Crippen molar-refractivity contribution in [3.05, 3.63) is 203 Å². The first-order chi connectivity index (χ1) is 61.3. The molecule has 34 nitrogen and oxygen atoms in total. The number of hydrogen-bond acceptors (Lipinski definition) is 19. The van der Waals surface area contributed by atoms with Crippen LogP contribution in [0.5, 0.6) is 11.5 Å². The van der Waals surface area contributed by atoms with Crippen LogP contribution in [0.15, 0.2) is 164 Å². The predicted molar refractivity (Wildman–Crippen MR) is 479 cm³/mol. The van der Waals surface area contributed by atoms with E-state index in [9.17, 15) is 63.3 Å². The summed E-state index contributed by atoms with van der Waals surface area (Å²) in [4.78, 5) is 241. The van der Waals surface area contributed by atoms with E-state index in [4.69, 9.17) is 5.73 Å². The zero-order chi connectivity index (χ0) is 94.3. The molecule has 1 aliphatic rings. The molecule has 690 valence electrons. The quantitative estimate of drug-likeness (QED) is 0.0437. The summed E-state index contributed by atoms with van der Waals surface area (Å²) in [5, 5.41) is 55.3. The van der Waals surface area contributed by atoms with Crippen molar-refractivity contribution in [2.45, 2.75) is 172 Å². The Morgan fingerprint density at radius 1 is 0.512 bits per heavy atom. The van der Waals surface area contributed by atoms with Gasteiger partial charge in [0.25, 0.3) is 0 Å². The number of nitrogens with one attached hydrogen (secondary N) is 10. The number of H-pyrrole nitrogens is 1. The topological polar surface area (TPSA) is 497 Å². The maximum absolute atomic E-state index is 15.5. The third kappa shape index (κ3) is 31.2. The zero-order valence-corrected chi connectivity index (χ0v) is 74.5. The van der Waals surface area contributed by atoms with Gasteiger partial charge in [-0.1, -0.05) is 163 Å². The number of aromatic nitrogens is 1. The molecular weight excluding hydrogens is 1680 g/mol. The molecule has 36 heteroatoms. The number of para-hydroxylation sites is 1.